The van der Waals surface area contributed by atoms with Crippen LogP contribution in [0.15, 0.2) is 18.2 Å². The van der Waals surface area contributed by atoms with Crippen LogP contribution in [0.3, 0.4) is 0 Å². The minimum atomic E-state index is -0.332. The van der Waals surface area contributed by atoms with Crippen LogP contribution in [0.2, 0.25) is 0 Å². The number of ether oxygens (including phenoxy) is 1. The Morgan fingerprint density at radius 1 is 1.33 bits per heavy atom. The Labute approximate surface area is 109 Å². The molecule has 1 aliphatic heterocycles. The van der Waals surface area contributed by atoms with Crippen molar-refractivity contribution in [3.63, 3.8) is 0 Å². The molecule has 98 valence electrons. The van der Waals surface area contributed by atoms with E-state index in [9.17, 15) is 5.11 Å². The molecule has 0 bridgehead atoms. The third-order valence-corrected chi connectivity index (χ3v) is 4.64. The van der Waals surface area contributed by atoms with Crippen molar-refractivity contribution < 1.29 is 9.84 Å². The fourth-order valence-electron chi connectivity index (χ4n) is 3.47. The predicted molar refractivity (Wildman–Crippen MR) is 71.8 cm³/mol. The molecular formula is C16H22O2. The molecule has 0 radical (unpaired) electrons. The van der Waals surface area contributed by atoms with E-state index in [2.05, 4.69) is 19.9 Å². The van der Waals surface area contributed by atoms with Crippen LogP contribution >= 0.6 is 0 Å². The van der Waals surface area contributed by atoms with Crippen LogP contribution in [0, 0.1) is 5.41 Å². The number of aliphatic hydroxyl groups is 1. The van der Waals surface area contributed by atoms with E-state index in [1.54, 1.807) is 0 Å². The second kappa shape index (κ2) is 4.27. The zero-order valence-corrected chi connectivity index (χ0v) is 11.3. The van der Waals surface area contributed by atoms with E-state index in [0.717, 1.165) is 30.6 Å². The van der Waals surface area contributed by atoms with Crippen LogP contribution in [-0.4, -0.2) is 11.2 Å². The van der Waals surface area contributed by atoms with Gasteiger partial charge in [-0.15, -0.1) is 0 Å². The topological polar surface area (TPSA) is 29.5 Å². The summed E-state index contributed by atoms with van der Waals surface area (Å²) in [5.74, 6) is 0.995. The van der Waals surface area contributed by atoms with Gasteiger partial charge < -0.3 is 9.84 Å². The monoisotopic (exact) mass is 246 g/mol. The Hall–Kier alpha value is -1.02. The van der Waals surface area contributed by atoms with Crippen molar-refractivity contribution in [1.82, 2.24) is 0 Å². The molecule has 2 aliphatic rings. The zero-order valence-electron chi connectivity index (χ0n) is 11.3. The molecule has 1 heterocycles. The first-order valence-corrected chi connectivity index (χ1v) is 7.06. The van der Waals surface area contributed by atoms with E-state index in [-0.39, 0.29) is 17.6 Å². The lowest BCUT2D eigenvalue weighted by atomic mass is 9.79. The molecule has 0 saturated heterocycles. The van der Waals surface area contributed by atoms with Gasteiger partial charge in [-0.2, -0.15) is 0 Å². The van der Waals surface area contributed by atoms with Gasteiger partial charge in [0.15, 0.2) is 0 Å². The highest BCUT2D eigenvalue weighted by atomic mass is 16.5. The molecule has 1 fully saturated rings. The lowest BCUT2D eigenvalue weighted by Gasteiger charge is -2.30. The Bertz CT molecular complexity index is 446. The van der Waals surface area contributed by atoms with E-state index in [1.807, 2.05) is 12.1 Å². The standard InChI is InChI=1S/C16H22O2/c1-11-9-13-10-12(5-6-14(13)18-11)15(17)16(2)7-3-4-8-16/h5-6,10-11,15,17H,3-4,7-9H2,1-2H3. The number of aliphatic hydroxyl groups excluding tert-OH is 1. The first kappa shape index (κ1) is 12.0. The molecule has 2 atom stereocenters. The maximum atomic E-state index is 10.6. The van der Waals surface area contributed by atoms with Crippen LogP contribution < -0.4 is 4.74 Å². The summed E-state index contributed by atoms with van der Waals surface area (Å²) in [4.78, 5) is 0. The van der Waals surface area contributed by atoms with Crippen LogP contribution in [0.25, 0.3) is 0 Å². The molecule has 0 spiro atoms. The molecule has 1 saturated carbocycles. The van der Waals surface area contributed by atoms with Crippen molar-refractivity contribution >= 4 is 0 Å². The summed E-state index contributed by atoms with van der Waals surface area (Å²) in [5, 5.41) is 10.6. The number of rotatable bonds is 2. The van der Waals surface area contributed by atoms with Gasteiger partial charge in [0.2, 0.25) is 0 Å². The average Bonchev–Trinajstić information content (AvgIpc) is 2.93. The number of hydrogen-bond acceptors (Lipinski definition) is 2. The van der Waals surface area contributed by atoms with E-state index in [4.69, 9.17) is 4.74 Å². The molecule has 2 heteroatoms. The molecule has 1 aromatic rings. The van der Waals surface area contributed by atoms with Crippen molar-refractivity contribution in [2.75, 3.05) is 0 Å². The van der Waals surface area contributed by atoms with Crippen LogP contribution in [0.4, 0.5) is 0 Å². The van der Waals surface area contributed by atoms with Gasteiger partial charge in [0.25, 0.3) is 0 Å². The third-order valence-electron chi connectivity index (χ3n) is 4.64. The average molecular weight is 246 g/mol. The summed E-state index contributed by atoms with van der Waals surface area (Å²) in [6, 6.07) is 6.20. The molecule has 1 aliphatic carbocycles. The van der Waals surface area contributed by atoms with Gasteiger partial charge in [-0.05, 0) is 48.4 Å². The molecule has 0 amide bonds. The Morgan fingerprint density at radius 2 is 2.06 bits per heavy atom. The second-order valence-electron chi connectivity index (χ2n) is 6.26. The SMILES string of the molecule is CC1Cc2cc(C(O)C3(C)CCCC3)ccc2O1. The number of fused-ring (bicyclic) bond motifs is 1. The number of hydrogen-bond donors (Lipinski definition) is 1. The molecule has 2 nitrogen and oxygen atoms in total. The van der Waals surface area contributed by atoms with Crippen LogP contribution in [0.1, 0.15) is 56.8 Å². The summed E-state index contributed by atoms with van der Waals surface area (Å²) in [6.45, 7) is 4.31. The summed E-state index contributed by atoms with van der Waals surface area (Å²) in [5.41, 5.74) is 2.38. The van der Waals surface area contributed by atoms with Crippen molar-refractivity contribution in [2.24, 2.45) is 5.41 Å². The summed E-state index contributed by atoms with van der Waals surface area (Å²) in [7, 11) is 0. The molecule has 1 N–H and O–H groups in total. The van der Waals surface area contributed by atoms with Gasteiger partial charge in [-0.3, -0.25) is 0 Å². The largest absolute Gasteiger partial charge is 0.490 e. The lowest BCUT2D eigenvalue weighted by molar-refractivity contribution is 0.0408. The van der Waals surface area contributed by atoms with Gasteiger partial charge >= 0.3 is 0 Å². The fraction of sp³-hybridized carbons (Fsp3) is 0.625. The number of benzene rings is 1. The summed E-state index contributed by atoms with van der Waals surface area (Å²) in [6.07, 6.45) is 5.68. The van der Waals surface area contributed by atoms with Gasteiger partial charge in [0.05, 0.1) is 6.10 Å². The molecule has 18 heavy (non-hydrogen) atoms. The van der Waals surface area contributed by atoms with Gasteiger partial charge in [-0.1, -0.05) is 25.8 Å². The van der Waals surface area contributed by atoms with Crippen molar-refractivity contribution in [3.8, 4) is 5.75 Å². The van der Waals surface area contributed by atoms with Crippen molar-refractivity contribution in [1.29, 1.82) is 0 Å². The van der Waals surface area contributed by atoms with Gasteiger partial charge in [0, 0.05) is 6.42 Å². The first-order chi connectivity index (χ1) is 8.58. The van der Waals surface area contributed by atoms with Crippen LogP contribution in [-0.2, 0) is 6.42 Å². The van der Waals surface area contributed by atoms with E-state index < -0.39 is 0 Å². The minimum absolute atomic E-state index is 0.0688. The minimum Gasteiger partial charge on any atom is -0.490 e. The highest BCUT2D eigenvalue weighted by molar-refractivity contribution is 5.41. The zero-order chi connectivity index (χ0) is 12.8. The highest BCUT2D eigenvalue weighted by Crippen LogP contribution is 2.47. The molecular weight excluding hydrogens is 224 g/mol. The Kier molecular flexibility index (Phi) is 2.86. The van der Waals surface area contributed by atoms with E-state index in [0.29, 0.717) is 0 Å². The van der Waals surface area contributed by atoms with Crippen molar-refractivity contribution in [3.05, 3.63) is 29.3 Å². The third kappa shape index (κ3) is 1.93. The van der Waals surface area contributed by atoms with Gasteiger partial charge in [-0.25, -0.2) is 0 Å². The first-order valence-electron chi connectivity index (χ1n) is 7.06. The molecule has 1 aromatic carbocycles. The second-order valence-corrected chi connectivity index (χ2v) is 6.26. The van der Waals surface area contributed by atoms with Crippen molar-refractivity contribution in [2.45, 2.75) is 58.2 Å². The normalized spacial score (nSPS) is 26.7. The maximum absolute atomic E-state index is 10.6. The smallest absolute Gasteiger partial charge is 0.123 e. The summed E-state index contributed by atoms with van der Waals surface area (Å²) < 4.78 is 5.71. The van der Waals surface area contributed by atoms with Gasteiger partial charge in [0.1, 0.15) is 11.9 Å². The molecule has 0 aromatic heterocycles. The lowest BCUT2D eigenvalue weighted by Crippen LogP contribution is -2.22. The quantitative estimate of drug-likeness (QED) is 0.863. The maximum Gasteiger partial charge on any atom is 0.123 e. The Morgan fingerprint density at radius 3 is 2.78 bits per heavy atom. The van der Waals surface area contributed by atoms with E-state index >= 15 is 0 Å². The predicted octanol–water partition coefficient (Wildman–Crippen LogP) is 3.62. The molecule has 3 rings (SSSR count). The fourth-order valence-corrected chi connectivity index (χ4v) is 3.47. The Balaban J connectivity index is 1.87. The molecule has 2 unspecified atom stereocenters. The highest BCUT2D eigenvalue weighted by Gasteiger charge is 2.37. The van der Waals surface area contributed by atoms with E-state index in [1.165, 1.54) is 18.4 Å². The van der Waals surface area contributed by atoms with Crippen LogP contribution in [0.5, 0.6) is 5.75 Å². The summed E-state index contributed by atoms with van der Waals surface area (Å²) >= 11 is 0.